The van der Waals surface area contributed by atoms with Crippen LogP contribution in [0.3, 0.4) is 0 Å². The number of hydrogen-bond donors (Lipinski definition) is 0. The summed E-state index contributed by atoms with van der Waals surface area (Å²) in [6, 6.07) is 0. The highest BCUT2D eigenvalue weighted by Crippen LogP contribution is 2.14. The number of aryl methyl sites for hydroxylation is 1. The van der Waals surface area contributed by atoms with Crippen LogP contribution >= 0.6 is 0 Å². The van der Waals surface area contributed by atoms with Crippen molar-refractivity contribution in [2.45, 2.75) is 6.92 Å². The van der Waals surface area contributed by atoms with E-state index in [1.807, 2.05) is 0 Å². The molecule has 64 valence electrons. The number of rotatable bonds is 2. The molecule has 8 nitrogen and oxygen atoms in total. The van der Waals surface area contributed by atoms with Crippen LogP contribution < -0.4 is 0 Å². The average molecular weight is 172 g/mol. The van der Waals surface area contributed by atoms with E-state index >= 15 is 0 Å². The molecule has 0 aliphatic rings. The standard InChI is InChI=1S/C4H4N4O4/c1-3-4(7(9)10)2-6(5-3)8(11)12/h2H,1H3. The minimum Gasteiger partial charge on any atom is -0.339 e. The normalized spacial score (nSPS) is 9.75. The van der Waals surface area contributed by atoms with Gasteiger partial charge in [0.2, 0.25) is 0 Å². The molecule has 1 heterocycles. The molecule has 0 aliphatic heterocycles. The van der Waals surface area contributed by atoms with Crippen LogP contribution in [0.2, 0.25) is 0 Å². The molecule has 0 spiro atoms. The molecule has 1 rings (SSSR count). The molecular weight excluding hydrogens is 168 g/mol. The third-order valence-electron chi connectivity index (χ3n) is 1.22. The van der Waals surface area contributed by atoms with Crippen molar-refractivity contribution in [3.05, 3.63) is 32.1 Å². The molecule has 0 atom stereocenters. The summed E-state index contributed by atoms with van der Waals surface area (Å²) in [6.45, 7) is 1.33. The first-order chi connectivity index (χ1) is 5.52. The van der Waals surface area contributed by atoms with Crippen molar-refractivity contribution in [1.29, 1.82) is 0 Å². The monoisotopic (exact) mass is 172 g/mol. The molecular formula is C4H4N4O4. The second-order valence-corrected chi connectivity index (χ2v) is 2.02. The molecule has 0 saturated heterocycles. The molecule has 0 bridgehead atoms. The van der Waals surface area contributed by atoms with Crippen molar-refractivity contribution in [2.75, 3.05) is 0 Å². The lowest BCUT2D eigenvalue weighted by molar-refractivity contribution is -0.553. The van der Waals surface area contributed by atoms with Gasteiger partial charge in [-0.15, -0.1) is 0 Å². The molecule has 12 heavy (non-hydrogen) atoms. The molecule has 0 amide bonds. The number of nitro groups is 2. The van der Waals surface area contributed by atoms with E-state index in [0.29, 0.717) is 4.79 Å². The van der Waals surface area contributed by atoms with Crippen LogP contribution in [-0.2, 0) is 0 Å². The molecule has 1 aromatic rings. The Bertz CT molecular complexity index is 343. The second-order valence-electron chi connectivity index (χ2n) is 2.02. The topological polar surface area (TPSA) is 104 Å². The summed E-state index contributed by atoms with van der Waals surface area (Å²) in [5, 5.41) is 22.7. The molecule has 0 N–H and O–H groups in total. The third-order valence-corrected chi connectivity index (χ3v) is 1.22. The van der Waals surface area contributed by atoms with Crippen molar-refractivity contribution in [2.24, 2.45) is 0 Å². The van der Waals surface area contributed by atoms with Gasteiger partial charge in [-0.1, -0.05) is 0 Å². The van der Waals surface area contributed by atoms with Crippen molar-refractivity contribution in [1.82, 2.24) is 9.89 Å². The minimum atomic E-state index is -0.847. The molecule has 8 heteroatoms. The maximum atomic E-state index is 10.2. The van der Waals surface area contributed by atoms with Gasteiger partial charge in [-0.05, 0) is 0 Å². The summed E-state index contributed by atoms with van der Waals surface area (Å²) >= 11 is 0. The Morgan fingerprint density at radius 3 is 2.33 bits per heavy atom. The lowest BCUT2D eigenvalue weighted by Crippen LogP contribution is -2.08. The summed E-state index contributed by atoms with van der Waals surface area (Å²) in [7, 11) is 0. The predicted octanol–water partition coefficient (Wildman–Crippen LogP) is 0.140. The Morgan fingerprint density at radius 2 is 2.08 bits per heavy atom. The summed E-state index contributed by atoms with van der Waals surface area (Å²) in [5.41, 5.74) is -0.330. The van der Waals surface area contributed by atoms with Crippen LogP contribution in [-0.4, -0.2) is 19.8 Å². The fourth-order valence-electron chi connectivity index (χ4n) is 0.699. The largest absolute Gasteiger partial charge is 0.342 e. The van der Waals surface area contributed by atoms with Gasteiger partial charge in [0.15, 0.2) is 6.20 Å². The van der Waals surface area contributed by atoms with Gasteiger partial charge >= 0.3 is 5.69 Å². The molecule has 0 fully saturated rings. The Hall–Kier alpha value is -1.99. The van der Waals surface area contributed by atoms with E-state index in [9.17, 15) is 20.2 Å². The molecule has 0 aromatic carbocycles. The third kappa shape index (κ3) is 1.21. The van der Waals surface area contributed by atoms with Gasteiger partial charge < -0.3 is 10.1 Å². The van der Waals surface area contributed by atoms with Crippen LogP contribution in [0.4, 0.5) is 5.69 Å². The van der Waals surface area contributed by atoms with E-state index in [4.69, 9.17) is 0 Å². The SMILES string of the molecule is Cc1nn([N+](=O)[O-])cc1[N+](=O)[O-]. The lowest BCUT2D eigenvalue weighted by Gasteiger charge is -1.85. The number of nitrogens with zero attached hydrogens (tertiary/aromatic N) is 4. The van der Waals surface area contributed by atoms with Crippen LogP contribution in [0.25, 0.3) is 0 Å². The Morgan fingerprint density at radius 1 is 1.50 bits per heavy atom. The Labute approximate surface area is 65.7 Å². The first kappa shape index (κ1) is 8.11. The van der Waals surface area contributed by atoms with Gasteiger partial charge in [-0.3, -0.25) is 10.1 Å². The molecule has 0 aliphatic carbocycles. The number of aromatic nitrogens is 2. The first-order valence-electron chi connectivity index (χ1n) is 2.87. The van der Waals surface area contributed by atoms with Crippen LogP contribution in [0.5, 0.6) is 0 Å². The van der Waals surface area contributed by atoms with Gasteiger partial charge in [0.25, 0.3) is 5.69 Å². The zero-order valence-electron chi connectivity index (χ0n) is 6.00. The first-order valence-corrected chi connectivity index (χ1v) is 2.87. The summed E-state index contributed by atoms with van der Waals surface area (Å²) in [4.78, 5) is 19.9. The van der Waals surface area contributed by atoms with Crippen LogP contribution in [0, 0.1) is 27.2 Å². The van der Waals surface area contributed by atoms with Gasteiger partial charge in [0.05, 0.1) is 15.1 Å². The van der Waals surface area contributed by atoms with E-state index in [1.54, 1.807) is 0 Å². The van der Waals surface area contributed by atoms with E-state index in [-0.39, 0.29) is 11.4 Å². The highest BCUT2D eigenvalue weighted by atomic mass is 16.7. The van der Waals surface area contributed by atoms with Crippen LogP contribution in [0.1, 0.15) is 5.69 Å². The fourth-order valence-corrected chi connectivity index (χ4v) is 0.699. The summed E-state index contributed by atoms with van der Waals surface area (Å²) in [5.74, 6) is 0. The minimum absolute atomic E-state index is 0.0247. The predicted molar refractivity (Wildman–Crippen MR) is 36.0 cm³/mol. The molecule has 1 aromatic heterocycles. The maximum Gasteiger partial charge on any atom is 0.342 e. The smallest absolute Gasteiger partial charge is 0.339 e. The quantitative estimate of drug-likeness (QED) is 0.466. The van der Waals surface area contributed by atoms with E-state index in [0.717, 1.165) is 6.20 Å². The van der Waals surface area contributed by atoms with E-state index in [1.165, 1.54) is 6.92 Å². The summed E-state index contributed by atoms with van der Waals surface area (Å²) < 4.78 is 0. The van der Waals surface area contributed by atoms with Crippen molar-refractivity contribution in [3.63, 3.8) is 0 Å². The van der Waals surface area contributed by atoms with Crippen LogP contribution in [0.15, 0.2) is 6.20 Å². The highest BCUT2D eigenvalue weighted by molar-refractivity contribution is 5.30. The molecule has 0 saturated carbocycles. The van der Waals surface area contributed by atoms with E-state index < -0.39 is 9.96 Å². The van der Waals surface area contributed by atoms with Gasteiger partial charge in [0, 0.05) is 11.7 Å². The fraction of sp³-hybridized carbons (Fsp3) is 0.250. The maximum absolute atomic E-state index is 10.2. The van der Waals surface area contributed by atoms with Crippen molar-refractivity contribution in [3.8, 4) is 0 Å². The van der Waals surface area contributed by atoms with Gasteiger partial charge in [-0.25, -0.2) is 0 Å². The average Bonchev–Trinajstić information content (AvgIpc) is 2.30. The molecule has 0 radical (unpaired) electrons. The highest BCUT2D eigenvalue weighted by Gasteiger charge is 2.22. The van der Waals surface area contributed by atoms with Gasteiger partial charge in [0.1, 0.15) is 0 Å². The van der Waals surface area contributed by atoms with Crippen molar-refractivity contribution >= 4 is 5.69 Å². The van der Waals surface area contributed by atoms with Gasteiger partial charge in [-0.2, -0.15) is 0 Å². The second kappa shape index (κ2) is 2.57. The zero-order valence-corrected chi connectivity index (χ0v) is 6.00. The summed E-state index contributed by atoms with van der Waals surface area (Å²) in [6.07, 6.45) is 0.759. The number of hydrogen-bond acceptors (Lipinski definition) is 5. The van der Waals surface area contributed by atoms with Crippen molar-refractivity contribution < 1.29 is 9.96 Å². The molecule has 0 unspecified atom stereocenters. The zero-order chi connectivity index (χ0) is 9.30. The van der Waals surface area contributed by atoms with E-state index in [2.05, 4.69) is 5.10 Å². The Balaban J connectivity index is 3.17. The Kier molecular flexibility index (Phi) is 1.73. The lowest BCUT2D eigenvalue weighted by atomic mass is 10.4.